The van der Waals surface area contributed by atoms with Crippen molar-refractivity contribution in [1.82, 2.24) is 0 Å². The van der Waals surface area contributed by atoms with Crippen LogP contribution in [0, 0.1) is 6.92 Å². The molecule has 0 atom stereocenters. The van der Waals surface area contributed by atoms with Crippen molar-refractivity contribution in [2.24, 2.45) is 0 Å². The predicted octanol–water partition coefficient (Wildman–Crippen LogP) is 3.31. The van der Waals surface area contributed by atoms with E-state index in [2.05, 4.69) is 32.9 Å². The Balaban J connectivity index is 2.86. The first-order valence-electron chi connectivity index (χ1n) is 5.94. The first-order valence-corrected chi connectivity index (χ1v) is 5.94. The number of carboxylic acids is 1. The van der Waals surface area contributed by atoms with Crippen LogP contribution in [0.3, 0.4) is 0 Å². The Kier molecular flexibility index (Phi) is 4.54. The molecule has 98 valence electrons. The van der Waals surface area contributed by atoms with E-state index >= 15 is 0 Å². The van der Waals surface area contributed by atoms with E-state index in [9.17, 15) is 4.79 Å². The summed E-state index contributed by atoms with van der Waals surface area (Å²) in [5.41, 5.74) is 2.25. The van der Waals surface area contributed by atoms with E-state index in [-0.39, 0.29) is 12.0 Å². The summed E-state index contributed by atoms with van der Waals surface area (Å²) in [6.07, 6.45) is 2.59. The zero-order chi connectivity index (χ0) is 13.8. The number of aryl methyl sites for hydroxylation is 1. The van der Waals surface area contributed by atoms with Crippen LogP contribution in [0.4, 0.5) is 0 Å². The molecule has 0 spiro atoms. The van der Waals surface area contributed by atoms with E-state index in [1.54, 1.807) is 0 Å². The van der Waals surface area contributed by atoms with Gasteiger partial charge in [-0.25, -0.2) is 4.79 Å². The van der Waals surface area contributed by atoms with E-state index in [1.807, 2.05) is 13.0 Å². The number of hydrogen-bond donors (Lipinski definition) is 1. The van der Waals surface area contributed by atoms with Gasteiger partial charge in [0.05, 0.1) is 0 Å². The fraction of sp³-hybridized carbons (Fsp3) is 0.400. The molecule has 18 heavy (non-hydrogen) atoms. The van der Waals surface area contributed by atoms with Gasteiger partial charge in [-0.3, -0.25) is 0 Å². The molecule has 0 radical (unpaired) electrons. The second kappa shape index (κ2) is 5.71. The van der Waals surface area contributed by atoms with Gasteiger partial charge in [-0.1, -0.05) is 32.9 Å². The number of rotatable bonds is 4. The van der Waals surface area contributed by atoms with Gasteiger partial charge in [0, 0.05) is 6.08 Å². The summed E-state index contributed by atoms with van der Waals surface area (Å²) in [6.45, 7) is 8.64. The van der Waals surface area contributed by atoms with E-state index in [0.717, 1.165) is 23.0 Å². The van der Waals surface area contributed by atoms with Gasteiger partial charge < -0.3 is 9.84 Å². The number of hydrogen-bond acceptors (Lipinski definition) is 2. The molecular weight excluding hydrogens is 228 g/mol. The second-order valence-corrected chi connectivity index (χ2v) is 5.30. The first-order chi connectivity index (χ1) is 8.30. The molecule has 0 aromatic heterocycles. The van der Waals surface area contributed by atoms with Crippen LogP contribution in [0.25, 0.3) is 0 Å². The highest BCUT2D eigenvalue weighted by molar-refractivity contribution is 5.79. The maximum Gasteiger partial charge on any atom is 0.328 e. The summed E-state index contributed by atoms with van der Waals surface area (Å²) >= 11 is 0. The van der Waals surface area contributed by atoms with Gasteiger partial charge in [-0.15, -0.1) is 0 Å². The third kappa shape index (κ3) is 4.24. The van der Waals surface area contributed by atoms with Crippen LogP contribution in [0.5, 0.6) is 5.75 Å². The van der Waals surface area contributed by atoms with Crippen molar-refractivity contribution in [3.8, 4) is 5.75 Å². The molecule has 0 saturated carbocycles. The molecule has 1 aromatic rings. The summed E-state index contributed by atoms with van der Waals surface area (Å²) in [5, 5.41) is 8.50. The SMILES string of the molecule is Cc1ccc(C(C)(C)C)c(OCC=CC(=O)O)c1. The number of benzene rings is 1. The third-order valence-corrected chi connectivity index (χ3v) is 2.54. The largest absolute Gasteiger partial charge is 0.489 e. The molecule has 0 aliphatic heterocycles. The lowest BCUT2D eigenvalue weighted by Gasteiger charge is -2.23. The monoisotopic (exact) mass is 248 g/mol. The van der Waals surface area contributed by atoms with E-state index in [4.69, 9.17) is 9.84 Å². The minimum absolute atomic E-state index is 0.000451. The molecule has 0 amide bonds. The summed E-state index contributed by atoms with van der Waals surface area (Å²) < 4.78 is 5.64. The van der Waals surface area contributed by atoms with Crippen LogP contribution in [0.15, 0.2) is 30.4 Å². The van der Waals surface area contributed by atoms with Crippen molar-refractivity contribution in [3.05, 3.63) is 41.5 Å². The zero-order valence-electron chi connectivity index (χ0n) is 11.4. The molecule has 0 aliphatic rings. The van der Waals surface area contributed by atoms with Crippen LogP contribution in [0.1, 0.15) is 31.9 Å². The van der Waals surface area contributed by atoms with Gasteiger partial charge in [0.2, 0.25) is 0 Å². The molecule has 3 nitrogen and oxygen atoms in total. The summed E-state index contributed by atoms with van der Waals surface area (Å²) in [5.74, 6) is -0.142. The van der Waals surface area contributed by atoms with Crippen molar-refractivity contribution in [2.75, 3.05) is 6.61 Å². The standard InChI is InChI=1S/C15H20O3/c1-11-7-8-12(15(2,3)4)13(10-11)18-9-5-6-14(16)17/h5-8,10H,9H2,1-4H3,(H,16,17). The minimum Gasteiger partial charge on any atom is -0.489 e. The summed E-state index contributed by atoms with van der Waals surface area (Å²) in [7, 11) is 0. The molecule has 0 unspecified atom stereocenters. The van der Waals surface area contributed by atoms with Gasteiger partial charge in [0.25, 0.3) is 0 Å². The fourth-order valence-electron chi connectivity index (χ4n) is 1.66. The normalized spacial score (nSPS) is 11.8. The van der Waals surface area contributed by atoms with Crippen LogP contribution < -0.4 is 4.74 Å². The molecule has 0 saturated heterocycles. The van der Waals surface area contributed by atoms with Crippen LogP contribution >= 0.6 is 0 Å². The smallest absolute Gasteiger partial charge is 0.328 e. The molecule has 3 heteroatoms. The highest BCUT2D eigenvalue weighted by Gasteiger charge is 2.18. The maximum absolute atomic E-state index is 10.3. The van der Waals surface area contributed by atoms with Gasteiger partial charge in [0.15, 0.2) is 0 Å². The molecule has 0 aliphatic carbocycles. The predicted molar refractivity (Wildman–Crippen MR) is 72.1 cm³/mol. The Labute approximate surface area is 108 Å². The molecular formula is C15H20O3. The lowest BCUT2D eigenvalue weighted by atomic mass is 9.86. The number of ether oxygens (including phenoxy) is 1. The highest BCUT2D eigenvalue weighted by atomic mass is 16.5. The molecule has 1 N–H and O–H groups in total. The minimum atomic E-state index is -0.959. The van der Waals surface area contributed by atoms with Crippen molar-refractivity contribution < 1.29 is 14.6 Å². The quantitative estimate of drug-likeness (QED) is 0.831. The van der Waals surface area contributed by atoms with Crippen LogP contribution in [-0.4, -0.2) is 17.7 Å². The molecule has 0 heterocycles. The van der Waals surface area contributed by atoms with Gasteiger partial charge >= 0.3 is 5.97 Å². The lowest BCUT2D eigenvalue weighted by molar-refractivity contribution is -0.131. The average Bonchev–Trinajstić information content (AvgIpc) is 2.22. The van der Waals surface area contributed by atoms with Crippen molar-refractivity contribution in [2.45, 2.75) is 33.1 Å². The Hall–Kier alpha value is -1.77. The highest BCUT2D eigenvalue weighted by Crippen LogP contribution is 2.31. The van der Waals surface area contributed by atoms with Crippen molar-refractivity contribution in [1.29, 1.82) is 0 Å². The maximum atomic E-state index is 10.3. The Morgan fingerprint density at radius 1 is 1.39 bits per heavy atom. The average molecular weight is 248 g/mol. The van der Waals surface area contributed by atoms with E-state index in [1.165, 1.54) is 6.08 Å². The topological polar surface area (TPSA) is 46.5 Å². The Bertz CT molecular complexity index is 453. The molecule has 1 rings (SSSR count). The number of carbonyl (C=O) groups is 1. The Morgan fingerprint density at radius 2 is 2.06 bits per heavy atom. The van der Waals surface area contributed by atoms with E-state index < -0.39 is 5.97 Å². The van der Waals surface area contributed by atoms with E-state index in [0.29, 0.717) is 0 Å². The van der Waals surface area contributed by atoms with Crippen LogP contribution in [-0.2, 0) is 10.2 Å². The van der Waals surface area contributed by atoms with Gasteiger partial charge in [-0.05, 0) is 35.6 Å². The van der Waals surface area contributed by atoms with Gasteiger partial charge in [0.1, 0.15) is 12.4 Å². The van der Waals surface area contributed by atoms with Gasteiger partial charge in [-0.2, -0.15) is 0 Å². The zero-order valence-corrected chi connectivity index (χ0v) is 11.4. The lowest BCUT2D eigenvalue weighted by Crippen LogP contribution is -2.13. The summed E-state index contributed by atoms with van der Waals surface area (Å²) in [4.78, 5) is 10.3. The van der Waals surface area contributed by atoms with Crippen molar-refractivity contribution in [3.63, 3.8) is 0 Å². The van der Waals surface area contributed by atoms with Crippen molar-refractivity contribution >= 4 is 5.97 Å². The Morgan fingerprint density at radius 3 is 2.61 bits per heavy atom. The third-order valence-electron chi connectivity index (χ3n) is 2.54. The molecule has 0 bridgehead atoms. The molecule has 1 aromatic carbocycles. The number of carboxylic acid groups (broad SMARTS) is 1. The summed E-state index contributed by atoms with van der Waals surface area (Å²) in [6, 6.07) is 6.10. The number of aliphatic carboxylic acids is 1. The van der Waals surface area contributed by atoms with Crippen LogP contribution in [0.2, 0.25) is 0 Å². The molecule has 0 fully saturated rings. The second-order valence-electron chi connectivity index (χ2n) is 5.30. The fourth-order valence-corrected chi connectivity index (χ4v) is 1.66. The first kappa shape index (κ1) is 14.3.